The summed E-state index contributed by atoms with van der Waals surface area (Å²) in [5, 5.41) is 0.830. The first-order chi connectivity index (χ1) is 12.8. The molecule has 144 valence electrons. The van der Waals surface area contributed by atoms with Crippen molar-refractivity contribution >= 4 is 40.2 Å². The van der Waals surface area contributed by atoms with Gasteiger partial charge in [0.25, 0.3) is 0 Å². The number of carbonyl (C=O) groups excluding carboxylic acids is 2. The summed E-state index contributed by atoms with van der Waals surface area (Å²) in [4.78, 5) is 26.2. The number of rotatable bonds is 3. The van der Waals surface area contributed by atoms with Crippen LogP contribution < -0.4 is 0 Å². The number of hydrogen-bond donors (Lipinski definition) is 0. The van der Waals surface area contributed by atoms with Crippen molar-refractivity contribution in [2.75, 3.05) is 19.2 Å². The zero-order valence-corrected chi connectivity index (χ0v) is 16.3. The number of fused-ring (bicyclic) bond motifs is 1. The summed E-state index contributed by atoms with van der Waals surface area (Å²) in [5.41, 5.74) is 1.69. The summed E-state index contributed by atoms with van der Waals surface area (Å²) in [6.07, 6.45) is 2.14. The number of para-hydroxylation sites is 1. The zero-order chi connectivity index (χ0) is 19.6. The topological polar surface area (TPSA) is 69.0 Å². The fourth-order valence-corrected chi connectivity index (χ4v) is 3.11. The Morgan fingerprint density at radius 1 is 1.26 bits per heavy atom. The minimum Gasteiger partial charge on any atom is -0.448 e. The maximum atomic E-state index is 12.3. The Morgan fingerprint density at radius 2 is 2.00 bits per heavy atom. The lowest BCUT2D eigenvalue weighted by Crippen LogP contribution is -2.39. The second kappa shape index (κ2) is 7.64. The van der Waals surface area contributed by atoms with E-state index in [0.717, 1.165) is 11.0 Å². The van der Waals surface area contributed by atoms with E-state index >= 15 is 0 Å². The van der Waals surface area contributed by atoms with Gasteiger partial charge in [-0.3, -0.25) is 0 Å². The van der Waals surface area contributed by atoms with E-state index in [1.165, 1.54) is 0 Å². The number of benzene rings is 1. The molecule has 2 aromatic rings. The highest BCUT2D eigenvalue weighted by Gasteiger charge is 2.28. The number of furan rings is 1. The van der Waals surface area contributed by atoms with Crippen LogP contribution in [0.3, 0.4) is 0 Å². The van der Waals surface area contributed by atoms with E-state index in [4.69, 9.17) is 25.5 Å². The van der Waals surface area contributed by atoms with Gasteiger partial charge in [0.2, 0.25) is 5.76 Å². The molecule has 3 rings (SSSR count). The third-order valence-corrected chi connectivity index (χ3v) is 4.26. The molecule has 0 saturated heterocycles. The van der Waals surface area contributed by atoms with Gasteiger partial charge < -0.3 is 18.8 Å². The van der Waals surface area contributed by atoms with Crippen LogP contribution in [0.1, 0.15) is 43.3 Å². The Kier molecular flexibility index (Phi) is 5.46. The number of nitrogens with zero attached hydrogens (tertiary/aromatic N) is 1. The number of amides is 1. The van der Waals surface area contributed by atoms with E-state index in [2.05, 4.69) is 0 Å². The van der Waals surface area contributed by atoms with Crippen LogP contribution in [-0.4, -0.2) is 41.7 Å². The first-order valence-corrected chi connectivity index (χ1v) is 9.25. The van der Waals surface area contributed by atoms with Gasteiger partial charge in [-0.2, -0.15) is 0 Å². The van der Waals surface area contributed by atoms with Crippen LogP contribution in [-0.2, 0) is 9.47 Å². The lowest BCUT2D eigenvalue weighted by molar-refractivity contribution is 0.0270. The van der Waals surface area contributed by atoms with Gasteiger partial charge in [-0.25, -0.2) is 9.59 Å². The first-order valence-electron chi connectivity index (χ1n) is 8.72. The number of alkyl halides is 1. The van der Waals surface area contributed by atoms with Crippen LogP contribution in [0, 0.1) is 0 Å². The maximum Gasteiger partial charge on any atom is 0.410 e. The third kappa shape index (κ3) is 4.27. The Balaban J connectivity index is 1.90. The lowest BCUT2D eigenvalue weighted by Gasteiger charge is -2.29. The monoisotopic (exact) mass is 391 g/mol. The molecule has 7 heteroatoms. The number of esters is 1. The SMILES string of the molecule is CC(C)(C)OC(=O)N1CC=C(c2c(C(=O)OCCl)oc3ccccc23)CC1. The number of ether oxygens (including phenoxy) is 2. The minimum absolute atomic E-state index is 0.133. The summed E-state index contributed by atoms with van der Waals surface area (Å²) in [6, 6.07) is 7.17. The van der Waals surface area contributed by atoms with E-state index in [0.29, 0.717) is 30.7 Å². The second-order valence-electron chi connectivity index (χ2n) is 7.25. The van der Waals surface area contributed by atoms with Gasteiger partial charge in [0.05, 0.1) is 0 Å². The molecule has 6 nitrogen and oxygen atoms in total. The Morgan fingerprint density at radius 3 is 2.63 bits per heavy atom. The van der Waals surface area contributed by atoms with E-state index in [-0.39, 0.29) is 17.9 Å². The van der Waals surface area contributed by atoms with Crippen LogP contribution in [0.15, 0.2) is 34.8 Å². The highest BCUT2D eigenvalue weighted by Crippen LogP contribution is 2.35. The van der Waals surface area contributed by atoms with Crippen molar-refractivity contribution in [3.8, 4) is 0 Å². The average Bonchev–Trinajstić information content (AvgIpc) is 3.00. The number of hydrogen-bond acceptors (Lipinski definition) is 5. The lowest BCUT2D eigenvalue weighted by atomic mass is 9.96. The average molecular weight is 392 g/mol. The fraction of sp³-hybridized carbons (Fsp3) is 0.400. The standard InChI is InChI=1S/C20H22ClNO5/c1-20(2,3)27-19(24)22-10-8-13(9-11-22)16-14-6-4-5-7-15(14)26-17(16)18(23)25-12-21/h4-8H,9-12H2,1-3H3. The minimum atomic E-state index is -0.605. The quantitative estimate of drug-likeness (QED) is 0.554. The fourth-order valence-electron chi connectivity index (χ4n) is 3.01. The second-order valence-corrected chi connectivity index (χ2v) is 7.47. The van der Waals surface area contributed by atoms with Crippen molar-refractivity contribution < 1.29 is 23.5 Å². The molecule has 0 unspecified atom stereocenters. The summed E-state index contributed by atoms with van der Waals surface area (Å²) in [7, 11) is 0. The van der Waals surface area contributed by atoms with Crippen molar-refractivity contribution in [3.63, 3.8) is 0 Å². The molecule has 1 aliphatic rings. The van der Waals surface area contributed by atoms with Gasteiger partial charge in [-0.15, -0.1) is 0 Å². The third-order valence-electron chi connectivity index (χ3n) is 4.15. The normalized spacial score (nSPS) is 14.8. The van der Waals surface area contributed by atoms with Crippen LogP contribution in [0.25, 0.3) is 16.5 Å². The molecule has 0 atom stereocenters. The van der Waals surface area contributed by atoms with E-state index in [1.807, 2.05) is 45.0 Å². The summed E-state index contributed by atoms with van der Waals surface area (Å²) in [5.74, 6) is -0.472. The predicted molar refractivity (Wildman–Crippen MR) is 103 cm³/mol. The molecule has 0 bridgehead atoms. The molecule has 0 saturated carbocycles. The van der Waals surface area contributed by atoms with Crippen LogP contribution >= 0.6 is 11.6 Å². The summed E-state index contributed by atoms with van der Waals surface area (Å²) in [6.45, 7) is 6.39. The Labute approximate surface area is 162 Å². The molecule has 0 N–H and O–H groups in total. The zero-order valence-electron chi connectivity index (χ0n) is 15.6. The Bertz CT molecular complexity index is 893. The van der Waals surface area contributed by atoms with Crippen molar-refractivity contribution in [2.24, 2.45) is 0 Å². The molecule has 0 radical (unpaired) electrons. The molecular weight excluding hydrogens is 370 g/mol. The molecule has 1 amide bonds. The van der Waals surface area contributed by atoms with Crippen molar-refractivity contribution in [1.82, 2.24) is 4.90 Å². The molecule has 1 aliphatic heterocycles. The van der Waals surface area contributed by atoms with Crippen LogP contribution in [0.5, 0.6) is 0 Å². The van der Waals surface area contributed by atoms with Gasteiger partial charge >= 0.3 is 12.1 Å². The van der Waals surface area contributed by atoms with Gasteiger partial charge in [-0.05, 0) is 38.8 Å². The summed E-state index contributed by atoms with van der Waals surface area (Å²) < 4.78 is 16.1. The van der Waals surface area contributed by atoms with Crippen LogP contribution in [0.2, 0.25) is 0 Å². The van der Waals surface area contributed by atoms with Gasteiger partial charge in [-0.1, -0.05) is 35.9 Å². The molecule has 0 spiro atoms. The maximum absolute atomic E-state index is 12.3. The van der Waals surface area contributed by atoms with Gasteiger partial charge in [0, 0.05) is 24.0 Å². The highest BCUT2D eigenvalue weighted by molar-refractivity contribution is 6.18. The molecule has 1 aromatic carbocycles. The first kappa shape index (κ1) is 19.3. The molecule has 0 fully saturated rings. The number of halogens is 1. The highest BCUT2D eigenvalue weighted by atomic mass is 35.5. The Hall–Kier alpha value is -2.47. The van der Waals surface area contributed by atoms with Crippen molar-refractivity contribution in [2.45, 2.75) is 32.8 Å². The van der Waals surface area contributed by atoms with Gasteiger partial charge in [0.1, 0.15) is 11.2 Å². The molecule has 1 aromatic heterocycles. The molecular formula is C20H22ClNO5. The predicted octanol–water partition coefficient (Wildman–Crippen LogP) is 4.81. The van der Waals surface area contributed by atoms with Crippen LogP contribution in [0.4, 0.5) is 4.79 Å². The van der Waals surface area contributed by atoms with E-state index < -0.39 is 11.6 Å². The number of carbonyl (C=O) groups is 2. The van der Waals surface area contributed by atoms with E-state index in [9.17, 15) is 9.59 Å². The van der Waals surface area contributed by atoms with E-state index in [1.54, 1.807) is 11.0 Å². The largest absolute Gasteiger partial charge is 0.448 e. The van der Waals surface area contributed by atoms with Crippen molar-refractivity contribution in [1.29, 1.82) is 0 Å². The summed E-state index contributed by atoms with van der Waals surface area (Å²) >= 11 is 5.53. The van der Waals surface area contributed by atoms with Gasteiger partial charge in [0.15, 0.2) is 6.07 Å². The van der Waals surface area contributed by atoms with Crippen molar-refractivity contribution in [3.05, 3.63) is 41.7 Å². The molecule has 2 heterocycles. The molecule has 27 heavy (non-hydrogen) atoms. The molecule has 0 aliphatic carbocycles. The smallest absolute Gasteiger partial charge is 0.410 e.